The molecule has 1 fully saturated rings. The van der Waals surface area contributed by atoms with Gasteiger partial charge in [-0.15, -0.1) is 0 Å². The highest BCUT2D eigenvalue weighted by Crippen LogP contribution is 2.21. The summed E-state index contributed by atoms with van der Waals surface area (Å²) in [4.78, 5) is 38.0. The fraction of sp³-hybridized carbons (Fsp3) is 0.786. The van der Waals surface area contributed by atoms with Crippen molar-refractivity contribution in [1.29, 1.82) is 0 Å². The minimum atomic E-state index is -0.993. The van der Waals surface area contributed by atoms with Gasteiger partial charge < -0.3 is 14.9 Å². The summed E-state index contributed by atoms with van der Waals surface area (Å²) in [5, 5.41) is 8.79. The van der Waals surface area contributed by atoms with Crippen molar-refractivity contribution in [3.05, 3.63) is 0 Å². The van der Waals surface area contributed by atoms with Gasteiger partial charge in [0.15, 0.2) is 0 Å². The number of carbonyl (C=O) groups excluding carboxylic acids is 2. The van der Waals surface area contributed by atoms with Crippen LogP contribution in [0.15, 0.2) is 0 Å². The van der Waals surface area contributed by atoms with E-state index >= 15 is 0 Å². The fourth-order valence-corrected chi connectivity index (χ4v) is 2.48. The number of nitrogens with zero attached hydrogens (tertiary/aromatic N) is 2. The summed E-state index contributed by atoms with van der Waals surface area (Å²) in [6, 6.07) is 0. The lowest BCUT2D eigenvalue weighted by molar-refractivity contribution is -0.147. The van der Waals surface area contributed by atoms with E-state index < -0.39 is 5.97 Å². The third-order valence-electron chi connectivity index (χ3n) is 3.67. The van der Waals surface area contributed by atoms with Gasteiger partial charge in [0, 0.05) is 31.5 Å². The van der Waals surface area contributed by atoms with Crippen LogP contribution in [0.5, 0.6) is 0 Å². The Morgan fingerprint density at radius 3 is 2.20 bits per heavy atom. The number of carboxylic acids is 1. The molecule has 1 rings (SSSR count). The maximum absolute atomic E-state index is 12.2. The molecule has 1 aliphatic rings. The van der Waals surface area contributed by atoms with E-state index in [1.807, 2.05) is 13.8 Å². The van der Waals surface area contributed by atoms with E-state index in [9.17, 15) is 14.4 Å². The van der Waals surface area contributed by atoms with E-state index in [2.05, 4.69) is 0 Å². The van der Waals surface area contributed by atoms with Gasteiger partial charge in [0.1, 0.15) is 6.54 Å². The van der Waals surface area contributed by atoms with E-state index in [-0.39, 0.29) is 30.2 Å². The van der Waals surface area contributed by atoms with Crippen molar-refractivity contribution in [2.45, 2.75) is 33.6 Å². The highest BCUT2D eigenvalue weighted by Gasteiger charge is 2.30. The zero-order chi connectivity index (χ0) is 15.3. The van der Waals surface area contributed by atoms with Crippen LogP contribution in [0.4, 0.5) is 0 Å². The largest absolute Gasteiger partial charge is 0.480 e. The van der Waals surface area contributed by atoms with Crippen molar-refractivity contribution in [3.8, 4) is 0 Å². The number of carboxylic acid groups (broad SMARTS) is 1. The summed E-state index contributed by atoms with van der Waals surface area (Å²) in [6.07, 6.45) is 1.24. The minimum absolute atomic E-state index is 0.0265. The molecule has 20 heavy (non-hydrogen) atoms. The predicted octanol–water partition coefficient (Wildman–Crippen LogP) is 0.814. The number of likely N-dealkylation sites (N-methyl/N-ethyl adjacent to an activating group) is 1. The predicted molar refractivity (Wildman–Crippen MR) is 74.0 cm³/mol. The smallest absolute Gasteiger partial charge is 0.323 e. The summed E-state index contributed by atoms with van der Waals surface area (Å²) in [5.74, 6) is -1.17. The third-order valence-corrected chi connectivity index (χ3v) is 3.67. The molecule has 0 radical (unpaired) electrons. The van der Waals surface area contributed by atoms with E-state index in [4.69, 9.17) is 5.11 Å². The van der Waals surface area contributed by atoms with E-state index in [0.717, 1.165) is 0 Å². The molecule has 0 aromatic heterocycles. The fourth-order valence-electron chi connectivity index (χ4n) is 2.48. The Balaban J connectivity index is 2.53. The number of hydrogen-bond acceptors (Lipinski definition) is 3. The van der Waals surface area contributed by atoms with Gasteiger partial charge in [0.2, 0.25) is 11.8 Å². The quantitative estimate of drug-likeness (QED) is 0.810. The van der Waals surface area contributed by atoms with E-state index in [1.165, 1.54) is 4.90 Å². The maximum atomic E-state index is 12.2. The molecule has 0 saturated carbocycles. The summed E-state index contributed by atoms with van der Waals surface area (Å²) < 4.78 is 0. The summed E-state index contributed by atoms with van der Waals surface area (Å²) in [6.45, 7) is 6.82. The zero-order valence-electron chi connectivity index (χ0n) is 12.5. The first-order chi connectivity index (χ1) is 9.36. The van der Waals surface area contributed by atoms with Gasteiger partial charge in [-0.3, -0.25) is 14.4 Å². The van der Waals surface area contributed by atoms with Crippen LogP contribution in [0.25, 0.3) is 0 Å². The molecule has 6 nitrogen and oxygen atoms in total. The number of piperidine rings is 1. The molecule has 1 saturated heterocycles. The molecule has 1 N–H and O–H groups in total. The summed E-state index contributed by atoms with van der Waals surface area (Å²) >= 11 is 0. The van der Waals surface area contributed by atoms with Crippen LogP contribution in [0.3, 0.4) is 0 Å². The monoisotopic (exact) mass is 284 g/mol. The minimum Gasteiger partial charge on any atom is -0.480 e. The van der Waals surface area contributed by atoms with Gasteiger partial charge >= 0.3 is 5.97 Å². The summed E-state index contributed by atoms with van der Waals surface area (Å²) in [7, 11) is 0. The number of aliphatic carboxylic acids is 1. The second-order valence-electron chi connectivity index (χ2n) is 5.50. The van der Waals surface area contributed by atoms with Crippen LogP contribution in [0.1, 0.15) is 33.6 Å². The van der Waals surface area contributed by atoms with Crippen LogP contribution in [0, 0.1) is 11.8 Å². The second-order valence-corrected chi connectivity index (χ2v) is 5.50. The van der Waals surface area contributed by atoms with Gasteiger partial charge in [-0.2, -0.15) is 0 Å². The first kappa shape index (κ1) is 16.5. The van der Waals surface area contributed by atoms with Gasteiger partial charge in [-0.25, -0.2) is 0 Å². The molecule has 1 heterocycles. The molecule has 0 unspecified atom stereocenters. The van der Waals surface area contributed by atoms with Crippen LogP contribution in [0.2, 0.25) is 0 Å². The van der Waals surface area contributed by atoms with Crippen molar-refractivity contribution in [3.63, 3.8) is 0 Å². The number of carbonyl (C=O) groups is 3. The molecule has 1 aliphatic heterocycles. The molecule has 6 heteroatoms. The number of amides is 2. The highest BCUT2D eigenvalue weighted by molar-refractivity contribution is 5.83. The Kier molecular flexibility index (Phi) is 5.98. The van der Waals surface area contributed by atoms with Crippen LogP contribution >= 0.6 is 0 Å². The molecule has 0 spiro atoms. The van der Waals surface area contributed by atoms with Gasteiger partial charge in [-0.05, 0) is 19.8 Å². The Morgan fingerprint density at radius 1 is 1.25 bits per heavy atom. The van der Waals surface area contributed by atoms with Crippen molar-refractivity contribution in [1.82, 2.24) is 9.80 Å². The number of rotatable bonds is 5. The van der Waals surface area contributed by atoms with Crippen molar-refractivity contribution in [2.24, 2.45) is 11.8 Å². The van der Waals surface area contributed by atoms with Gasteiger partial charge in [0.25, 0.3) is 0 Å². The standard InChI is InChI=1S/C14H24N2O4/c1-4-15(9-12(17)18)14(20)11-5-7-16(8-6-11)13(19)10(2)3/h10-11H,4-9H2,1-3H3,(H,17,18). The molecule has 0 bridgehead atoms. The number of likely N-dealkylation sites (tertiary alicyclic amines) is 1. The molecular weight excluding hydrogens is 260 g/mol. The zero-order valence-corrected chi connectivity index (χ0v) is 12.5. The van der Waals surface area contributed by atoms with Crippen molar-refractivity contribution < 1.29 is 19.5 Å². The molecule has 0 atom stereocenters. The first-order valence-corrected chi connectivity index (χ1v) is 7.16. The Hall–Kier alpha value is -1.59. The first-order valence-electron chi connectivity index (χ1n) is 7.16. The SMILES string of the molecule is CCN(CC(=O)O)C(=O)C1CCN(C(=O)C(C)C)CC1. The van der Waals surface area contributed by atoms with E-state index in [1.54, 1.807) is 11.8 Å². The maximum Gasteiger partial charge on any atom is 0.323 e. The van der Waals surface area contributed by atoms with Gasteiger partial charge in [-0.1, -0.05) is 13.8 Å². The molecular formula is C14H24N2O4. The molecule has 114 valence electrons. The van der Waals surface area contributed by atoms with E-state index in [0.29, 0.717) is 32.5 Å². The summed E-state index contributed by atoms with van der Waals surface area (Å²) in [5.41, 5.74) is 0. The molecule has 0 aliphatic carbocycles. The van der Waals surface area contributed by atoms with Crippen LogP contribution in [-0.4, -0.2) is 58.9 Å². The highest BCUT2D eigenvalue weighted by atomic mass is 16.4. The third kappa shape index (κ3) is 4.21. The lowest BCUT2D eigenvalue weighted by Gasteiger charge is -2.34. The van der Waals surface area contributed by atoms with Gasteiger partial charge in [0.05, 0.1) is 0 Å². The number of hydrogen-bond donors (Lipinski definition) is 1. The second kappa shape index (κ2) is 7.26. The lowest BCUT2D eigenvalue weighted by Crippen LogP contribution is -2.46. The average Bonchev–Trinajstić information content (AvgIpc) is 2.43. The Bertz CT molecular complexity index is 373. The average molecular weight is 284 g/mol. The van der Waals surface area contributed by atoms with Crippen molar-refractivity contribution >= 4 is 17.8 Å². The Labute approximate surface area is 119 Å². The normalized spacial score (nSPS) is 16.3. The van der Waals surface area contributed by atoms with Crippen molar-refractivity contribution in [2.75, 3.05) is 26.2 Å². The van der Waals surface area contributed by atoms with Crippen LogP contribution in [-0.2, 0) is 14.4 Å². The molecule has 0 aromatic rings. The molecule has 0 aromatic carbocycles. The lowest BCUT2D eigenvalue weighted by atomic mass is 9.94. The topological polar surface area (TPSA) is 77.9 Å². The van der Waals surface area contributed by atoms with Crippen LogP contribution < -0.4 is 0 Å². The Morgan fingerprint density at radius 2 is 1.80 bits per heavy atom. The molecule has 2 amide bonds.